The summed E-state index contributed by atoms with van der Waals surface area (Å²) in [5.74, 6) is -2.43. The summed E-state index contributed by atoms with van der Waals surface area (Å²) in [7, 11) is -0.0520. The van der Waals surface area contributed by atoms with E-state index in [0.29, 0.717) is 49.2 Å². The molecular weight excluding hydrogens is 800 g/mol. The lowest BCUT2D eigenvalue weighted by molar-refractivity contribution is -0.294. The van der Waals surface area contributed by atoms with Gasteiger partial charge in [0, 0.05) is 50.9 Å². The number of nitrogens with zero attached hydrogens (tertiary/aromatic N) is 4. The van der Waals surface area contributed by atoms with Crippen LogP contribution in [0.15, 0.2) is 58.3 Å². The number of carbonyl (C=O) groups excluding carboxylic acids is 2. The van der Waals surface area contributed by atoms with Gasteiger partial charge >= 0.3 is 5.97 Å². The Kier molecular flexibility index (Phi) is 14.9. The van der Waals surface area contributed by atoms with Crippen molar-refractivity contribution in [1.29, 1.82) is 0 Å². The fraction of sp³-hybridized carbons (Fsp3) is 0.674. The lowest BCUT2D eigenvalue weighted by atomic mass is 9.79. The molecule has 0 saturated carbocycles. The first-order chi connectivity index (χ1) is 28.1. The number of sulfone groups is 1. The number of halogens is 1. The number of allylic oxidation sites excluding steroid dienone is 1. The summed E-state index contributed by atoms with van der Waals surface area (Å²) in [4.78, 5) is 29.8. The van der Waals surface area contributed by atoms with Crippen LogP contribution < -0.4 is 0 Å². The van der Waals surface area contributed by atoms with Crippen LogP contribution >= 0.6 is 0 Å². The Hall–Kier alpha value is -3.58. The maximum Gasteiger partial charge on any atom is 0.316 e. The van der Waals surface area contributed by atoms with Gasteiger partial charge in [-0.25, -0.2) is 17.5 Å². The second kappa shape index (κ2) is 18.8. The number of Topliss-reactive ketones (excluding diaryl/α,β-unsaturated/α-hetero) is 1. The normalized spacial score (nSPS) is 34.2. The van der Waals surface area contributed by atoms with E-state index in [4.69, 9.17) is 23.7 Å². The molecule has 1 aromatic heterocycles. The van der Waals surface area contributed by atoms with Gasteiger partial charge in [0.15, 0.2) is 27.5 Å². The molecule has 15 nitrogen and oxygen atoms in total. The monoisotopic (exact) mass is 862 g/mol. The summed E-state index contributed by atoms with van der Waals surface area (Å²) >= 11 is 0. The van der Waals surface area contributed by atoms with Gasteiger partial charge in [0.1, 0.15) is 42.7 Å². The fourth-order valence-electron chi connectivity index (χ4n) is 8.81. The number of fused-ring (bicyclic) bond motifs is 2. The number of aliphatic hydroxyl groups is 2. The molecule has 2 bridgehead atoms. The number of benzene rings is 1. The summed E-state index contributed by atoms with van der Waals surface area (Å²) < 4.78 is 71.0. The van der Waals surface area contributed by atoms with E-state index < -0.39 is 94.1 Å². The molecule has 1 aromatic carbocycles. The van der Waals surface area contributed by atoms with Gasteiger partial charge in [0.25, 0.3) is 0 Å². The average Bonchev–Trinajstić information content (AvgIpc) is 3.81. The molecule has 4 heterocycles. The molecule has 12 atom stereocenters. The molecule has 5 rings (SSSR count). The van der Waals surface area contributed by atoms with Crippen LogP contribution in [-0.2, 0) is 49.5 Å². The second-order valence-corrected chi connectivity index (χ2v) is 19.3. The number of likely N-dealkylation sites (N-methyl/N-ethyl adjacent to an activating group) is 1. The molecule has 0 spiro atoms. The Bertz CT molecular complexity index is 2030. The van der Waals surface area contributed by atoms with E-state index in [0.717, 1.165) is 17.4 Å². The number of aliphatic hydroxyl groups excluding tert-OH is 2. The Morgan fingerprint density at radius 3 is 2.40 bits per heavy atom. The van der Waals surface area contributed by atoms with E-state index in [9.17, 15) is 32.6 Å². The molecule has 0 radical (unpaired) electrons. The largest absolute Gasteiger partial charge is 0.479 e. The molecule has 0 aliphatic carbocycles. The summed E-state index contributed by atoms with van der Waals surface area (Å²) in [5, 5.41) is 31.2. The molecule has 60 heavy (non-hydrogen) atoms. The Labute approximate surface area is 353 Å². The van der Waals surface area contributed by atoms with Gasteiger partial charge in [-0.05, 0) is 96.4 Å². The van der Waals surface area contributed by atoms with Gasteiger partial charge in [-0.2, -0.15) is 0 Å². The van der Waals surface area contributed by atoms with E-state index in [1.165, 1.54) is 35.9 Å². The number of alkyl halides is 1. The third kappa shape index (κ3) is 10.0. The quantitative estimate of drug-likeness (QED) is 0.210. The third-order valence-corrected chi connectivity index (χ3v) is 13.6. The standard InChI is InChI=1S/C43H63FN4O11S/c1-12-34-42(7)20-24(2)38(59-42)25(3)21-43(8,55-10)39(27(5)35(49)28(6)40(52)57-34)58-41-37(51)32(19-26(4)56-41)47(9)18-17-30-23-48(46-45-30)33(22-44)36(50)29-13-15-31(16-14-29)60(11,53)54/h13-16,20,23,26-28,32-34,36-37,39,41,50-51H,12,17-19,21-22H2,1-11H3/b38-25-/t26-,27+,28-,32+,33-,34-,36-,37-,39-,41+,42-,43-/m1/s1. The van der Waals surface area contributed by atoms with Gasteiger partial charge in [0.2, 0.25) is 0 Å². The van der Waals surface area contributed by atoms with Crippen molar-refractivity contribution in [3.05, 3.63) is 64.7 Å². The van der Waals surface area contributed by atoms with Crippen molar-refractivity contribution < 1.29 is 56.3 Å². The van der Waals surface area contributed by atoms with E-state index in [1.54, 1.807) is 20.2 Å². The number of ether oxygens (including phenoxy) is 5. The molecule has 2 N–H and O–H groups in total. The van der Waals surface area contributed by atoms with Crippen LogP contribution in [-0.4, -0.2) is 132 Å². The smallest absolute Gasteiger partial charge is 0.316 e. The molecule has 1 saturated heterocycles. The van der Waals surface area contributed by atoms with Crippen molar-refractivity contribution in [3.63, 3.8) is 0 Å². The van der Waals surface area contributed by atoms with Crippen molar-refractivity contribution in [2.24, 2.45) is 11.8 Å². The molecule has 0 amide bonds. The topological polar surface area (TPSA) is 189 Å². The predicted molar refractivity (Wildman–Crippen MR) is 219 cm³/mol. The maximum atomic E-state index is 14.3. The Balaban J connectivity index is 1.34. The molecule has 1 fully saturated rings. The zero-order valence-electron chi connectivity index (χ0n) is 36.6. The van der Waals surface area contributed by atoms with Crippen molar-refractivity contribution >= 4 is 21.6 Å². The molecule has 0 unspecified atom stereocenters. The van der Waals surface area contributed by atoms with E-state index in [1.807, 2.05) is 59.6 Å². The highest BCUT2D eigenvalue weighted by Gasteiger charge is 2.50. The van der Waals surface area contributed by atoms with Crippen LogP contribution in [0.1, 0.15) is 98.1 Å². The van der Waals surface area contributed by atoms with Gasteiger partial charge in [-0.1, -0.05) is 31.2 Å². The van der Waals surface area contributed by atoms with E-state index >= 15 is 0 Å². The van der Waals surface area contributed by atoms with E-state index in [2.05, 4.69) is 10.3 Å². The molecule has 3 aliphatic heterocycles. The van der Waals surface area contributed by atoms with Gasteiger partial charge in [0.05, 0.1) is 28.4 Å². The number of carbonyl (C=O) groups is 2. The number of aromatic nitrogens is 3. The first kappa shape index (κ1) is 47.5. The number of methoxy groups -OCH3 is 1. The number of ketones is 1. The van der Waals surface area contributed by atoms with Crippen LogP contribution in [0, 0.1) is 11.8 Å². The molecule has 3 aliphatic rings. The average molecular weight is 863 g/mol. The van der Waals surface area contributed by atoms with Gasteiger partial charge < -0.3 is 38.8 Å². The van der Waals surface area contributed by atoms with E-state index in [-0.39, 0.29) is 11.0 Å². The van der Waals surface area contributed by atoms with Crippen molar-refractivity contribution in [2.45, 2.75) is 146 Å². The SMILES string of the molecule is CC[C@H]1OC(=O)[C@H](C)C(=O)[C@H](C)[C@@H](O[C@@H]2O[C@H](C)C[C@H](N(C)CCc3cn([C@H](CF)[C@H](O)c4ccc(S(C)(=O)=O)cc4)nn3)[C@H]2O)[C@](C)(OC)C/C(C)=C2\O[C@]1(C)C=C2C. The molecule has 17 heteroatoms. The minimum Gasteiger partial charge on any atom is -0.479 e. The summed E-state index contributed by atoms with van der Waals surface area (Å²) in [6.07, 6.45) is 0.503. The summed E-state index contributed by atoms with van der Waals surface area (Å²) in [6.45, 7) is 14.0. The number of hydrogen-bond donors (Lipinski definition) is 2. The highest BCUT2D eigenvalue weighted by molar-refractivity contribution is 7.90. The zero-order valence-corrected chi connectivity index (χ0v) is 37.4. The molecule has 334 valence electrons. The van der Waals surface area contributed by atoms with Gasteiger partial charge in [-0.3, -0.25) is 9.59 Å². The first-order valence-electron chi connectivity index (χ1n) is 20.6. The van der Waals surface area contributed by atoms with Crippen molar-refractivity contribution in [3.8, 4) is 0 Å². The predicted octanol–water partition coefficient (Wildman–Crippen LogP) is 4.63. The number of esters is 1. The van der Waals surface area contributed by atoms with Crippen molar-refractivity contribution in [2.75, 3.05) is 33.6 Å². The summed E-state index contributed by atoms with van der Waals surface area (Å²) in [6, 6.07) is 4.05. The third-order valence-electron chi connectivity index (χ3n) is 12.5. The lowest BCUT2D eigenvalue weighted by Crippen LogP contribution is -2.59. The lowest BCUT2D eigenvalue weighted by Gasteiger charge is -2.46. The van der Waals surface area contributed by atoms with Crippen LogP contribution in [0.3, 0.4) is 0 Å². The van der Waals surface area contributed by atoms with Crippen LogP contribution in [0.5, 0.6) is 0 Å². The maximum absolute atomic E-state index is 14.3. The highest BCUT2D eigenvalue weighted by Crippen LogP contribution is 2.42. The number of rotatable bonds is 13. The first-order valence-corrected chi connectivity index (χ1v) is 22.5. The van der Waals surface area contributed by atoms with Crippen LogP contribution in [0.25, 0.3) is 0 Å². The number of hydrogen-bond acceptors (Lipinski definition) is 14. The Morgan fingerprint density at radius 1 is 1.13 bits per heavy atom. The minimum atomic E-state index is -3.44. The highest BCUT2D eigenvalue weighted by atomic mass is 32.2. The zero-order chi connectivity index (χ0) is 44.5. The van der Waals surface area contributed by atoms with Crippen molar-refractivity contribution in [1.82, 2.24) is 19.9 Å². The Morgan fingerprint density at radius 2 is 1.80 bits per heavy atom. The molecule has 2 aromatic rings. The van der Waals surface area contributed by atoms with Gasteiger partial charge in [-0.15, -0.1) is 5.10 Å². The fourth-order valence-corrected chi connectivity index (χ4v) is 9.44. The number of cyclic esters (lactones) is 1. The van der Waals surface area contributed by atoms with Crippen LogP contribution in [0.4, 0.5) is 4.39 Å². The molecular formula is C43H63FN4O11S. The second-order valence-electron chi connectivity index (χ2n) is 17.3. The van der Waals surface area contributed by atoms with Crippen LogP contribution in [0.2, 0.25) is 0 Å². The minimum absolute atomic E-state index is 0.0828. The summed E-state index contributed by atoms with van der Waals surface area (Å²) in [5.41, 5.74) is 0.503.